The Morgan fingerprint density at radius 3 is 2.70 bits per heavy atom. The lowest BCUT2D eigenvalue weighted by atomic mass is 9.91. The number of ketones is 1. The minimum Gasteiger partial charge on any atom is -0.474 e. The molecule has 1 atom stereocenters. The summed E-state index contributed by atoms with van der Waals surface area (Å²) in [6, 6.07) is 6.85. The number of Topliss-reactive ketones (excluding diaryl/α,β-unsaturated/α-hetero) is 1. The number of ether oxygens (including phenoxy) is 1. The van der Waals surface area contributed by atoms with E-state index < -0.39 is 0 Å². The Bertz CT molecular complexity index is 1080. The van der Waals surface area contributed by atoms with Gasteiger partial charge < -0.3 is 14.6 Å². The van der Waals surface area contributed by atoms with Gasteiger partial charge in [-0.3, -0.25) is 9.78 Å². The molecule has 0 spiro atoms. The zero-order chi connectivity index (χ0) is 22.9. The molecule has 2 heterocycles. The summed E-state index contributed by atoms with van der Waals surface area (Å²) >= 11 is 0. The molecule has 1 aliphatic heterocycles. The molecule has 0 unspecified atom stereocenters. The molecule has 3 aliphatic carbocycles. The van der Waals surface area contributed by atoms with E-state index >= 15 is 0 Å². The van der Waals surface area contributed by atoms with Gasteiger partial charge >= 0.3 is 0 Å². The van der Waals surface area contributed by atoms with Crippen LogP contribution in [0.4, 0.5) is 0 Å². The fourth-order valence-electron chi connectivity index (χ4n) is 5.63. The zero-order valence-electron chi connectivity index (χ0n) is 19.9. The summed E-state index contributed by atoms with van der Waals surface area (Å²) in [6.45, 7) is 2.01. The summed E-state index contributed by atoms with van der Waals surface area (Å²) in [7, 11) is 4.32. The highest BCUT2D eigenvalue weighted by Crippen LogP contribution is 2.48. The van der Waals surface area contributed by atoms with Gasteiger partial charge in [0.05, 0.1) is 17.6 Å². The number of hydrogen-bond acceptors (Lipinski definition) is 5. The molecular formula is C27H34N4O2. The lowest BCUT2D eigenvalue weighted by Crippen LogP contribution is -2.35. The second kappa shape index (κ2) is 9.26. The predicted octanol–water partition coefficient (Wildman–Crippen LogP) is 4.70. The van der Waals surface area contributed by atoms with Gasteiger partial charge in [-0.1, -0.05) is 6.07 Å². The third-order valence-corrected chi connectivity index (χ3v) is 7.47. The average Bonchev–Trinajstić information content (AvgIpc) is 3.36. The van der Waals surface area contributed by atoms with Crippen molar-refractivity contribution in [3.8, 4) is 17.1 Å². The summed E-state index contributed by atoms with van der Waals surface area (Å²) in [5.41, 5.74) is 6.73. The van der Waals surface area contributed by atoms with E-state index in [2.05, 4.69) is 40.0 Å². The molecule has 1 N–H and O–H groups in total. The second-order valence-corrected chi connectivity index (χ2v) is 10.1. The summed E-state index contributed by atoms with van der Waals surface area (Å²) in [4.78, 5) is 27.6. The first-order valence-electron chi connectivity index (χ1n) is 12.2. The van der Waals surface area contributed by atoms with Gasteiger partial charge in [-0.05, 0) is 94.3 Å². The summed E-state index contributed by atoms with van der Waals surface area (Å²) in [5, 5.41) is 0. The van der Waals surface area contributed by atoms with Crippen molar-refractivity contribution in [2.75, 3.05) is 14.1 Å². The minimum atomic E-state index is 0.207. The Hall–Kier alpha value is -2.73. The first kappa shape index (κ1) is 22.1. The van der Waals surface area contributed by atoms with Crippen LogP contribution in [0.15, 0.2) is 30.7 Å². The highest BCUT2D eigenvalue weighted by atomic mass is 16.5. The topological polar surface area (TPSA) is 71.1 Å². The van der Waals surface area contributed by atoms with Crippen molar-refractivity contribution in [1.82, 2.24) is 19.9 Å². The number of nitrogens with zero attached hydrogens (tertiary/aromatic N) is 3. The lowest BCUT2D eigenvalue weighted by Gasteiger charge is -2.32. The highest BCUT2D eigenvalue weighted by molar-refractivity contribution is 5.83. The van der Waals surface area contributed by atoms with Crippen LogP contribution in [0.3, 0.4) is 0 Å². The molecule has 0 bridgehead atoms. The molecular weight excluding hydrogens is 412 g/mol. The van der Waals surface area contributed by atoms with Gasteiger partial charge in [-0.25, -0.2) is 4.98 Å². The maximum atomic E-state index is 12.9. The van der Waals surface area contributed by atoms with E-state index in [-0.39, 0.29) is 17.8 Å². The fraction of sp³-hybridized carbons (Fsp3) is 0.519. The Balaban J connectivity index is 1.32. The van der Waals surface area contributed by atoms with Crippen LogP contribution in [-0.4, -0.2) is 51.9 Å². The van der Waals surface area contributed by atoms with Crippen LogP contribution in [-0.2, 0) is 17.6 Å². The molecule has 1 fully saturated rings. The summed E-state index contributed by atoms with van der Waals surface area (Å²) in [6.07, 6.45) is 11.2. The quantitative estimate of drug-likeness (QED) is 0.570. The number of carbonyl (C=O) groups is 1. The zero-order valence-corrected chi connectivity index (χ0v) is 19.9. The molecule has 1 aromatic heterocycles. The van der Waals surface area contributed by atoms with Crippen molar-refractivity contribution in [2.45, 2.75) is 76.4 Å². The van der Waals surface area contributed by atoms with E-state index in [0.717, 1.165) is 66.9 Å². The molecule has 6 heteroatoms. The maximum Gasteiger partial charge on any atom is 0.224 e. The third-order valence-electron chi connectivity index (χ3n) is 7.47. The summed E-state index contributed by atoms with van der Waals surface area (Å²) in [5.74, 6) is 1.20. The number of rotatable bonds is 7. The molecule has 5 rings (SSSR count). The first-order valence-corrected chi connectivity index (χ1v) is 12.2. The van der Waals surface area contributed by atoms with E-state index in [4.69, 9.17) is 4.74 Å². The van der Waals surface area contributed by atoms with Crippen LogP contribution in [0.5, 0.6) is 5.88 Å². The molecule has 174 valence electrons. The van der Waals surface area contributed by atoms with Gasteiger partial charge in [0.1, 0.15) is 11.9 Å². The Kier molecular flexibility index (Phi) is 6.19. The van der Waals surface area contributed by atoms with E-state index in [1.165, 1.54) is 11.1 Å². The molecule has 6 nitrogen and oxygen atoms in total. The molecule has 0 radical (unpaired) electrons. The molecule has 0 saturated heterocycles. The maximum absolute atomic E-state index is 12.9. The number of hydrogen-bond donors (Lipinski definition) is 1. The van der Waals surface area contributed by atoms with Crippen molar-refractivity contribution in [2.24, 2.45) is 0 Å². The van der Waals surface area contributed by atoms with Gasteiger partial charge in [0.25, 0.3) is 0 Å². The van der Waals surface area contributed by atoms with Crippen molar-refractivity contribution < 1.29 is 9.53 Å². The van der Waals surface area contributed by atoms with E-state index in [1.807, 2.05) is 25.3 Å². The van der Waals surface area contributed by atoms with Crippen LogP contribution in [0, 0.1) is 6.92 Å². The van der Waals surface area contributed by atoms with E-state index in [9.17, 15) is 4.79 Å². The standard InChI is InChI=1S/C27H34N4O2/c1-17-4-7-20(28-15-17)14-22(32)12-18-5-6-19-13-24-26(25(18)19)27(30-16-29-24)33-23-10-8-21(9-11-23)31(2)3/h4,7,13,15-16,18,21,23H,5-6,8-12,14H2,1-3H3,(H,29,30)/t18-,21?,23?/m1/s1. The molecule has 1 saturated carbocycles. The van der Waals surface area contributed by atoms with Crippen LogP contribution in [0.1, 0.15) is 66.8 Å². The number of aromatic amines is 1. The van der Waals surface area contributed by atoms with E-state index in [0.29, 0.717) is 18.9 Å². The number of aryl methyl sites for hydroxylation is 2. The number of fused-ring (bicyclic) bond motifs is 3. The molecule has 33 heavy (non-hydrogen) atoms. The molecule has 1 aromatic rings. The Morgan fingerprint density at radius 2 is 1.97 bits per heavy atom. The van der Waals surface area contributed by atoms with Crippen molar-refractivity contribution in [1.29, 1.82) is 0 Å². The monoisotopic (exact) mass is 446 g/mol. The van der Waals surface area contributed by atoms with E-state index in [1.54, 1.807) is 6.33 Å². The number of nitrogens with one attached hydrogen (secondary N) is 1. The number of aromatic nitrogens is 3. The average molecular weight is 447 g/mol. The number of carbonyl (C=O) groups excluding carboxylic acids is 1. The fourth-order valence-corrected chi connectivity index (χ4v) is 5.63. The van der Waals surface area contributed by atoms with Gasteiger partial charge in [-0.15, -0.1) is 0 Å². The van der Waals surface area contributed by atoms with Crippen molar-refractivity contribution in [3.05, 3.63) is 53.1 Å². The van der Waals surface area contributed by atoms with Crippen LogP contribution in [0.2, 0.25) is 0 Å². The van der Waals surface area contributed by atoms with Crippen LogP contribution >= 0.6 is 0 Å². The smallest absolute Gasteiger partial charge is 0.224 e. The van der Waals surface area contributed by atoms with Crippen molar-refractivity contribution in [3.63, 3.8) is 0 Å². The van der Waals surface area contributed by atoms with Gasteiger partial charge in [0.15, 0.2) is 0 Å². The second-order valence-electron chi connectivity index (χ2n) is 10.1. The van der Waals surface area contributed by atoms with Crippen LogP contribution < -0.4 is 4.74 Å². The number of pyridine rings is 1. The molecule has 0 aromatic carbocycles. The van der Waals surface area contributed by atoms with Gasteiger partial charge in [0.2, 0.25) is 5.88 Å². The Morgan fingerprint density at radius 1 is 1.15 bits per heavy atom. The predicted molar refractivity (Wildman–Crippen MR) is 129 cm³/mol. The first-order chi connectivity index (χ1) is 16.0. The van der Waals surface area contributed by atoms with Crippen LogP contribution in [0.25, 0.3) is 11.3 Å². The largest absolute Gasteiger partial charge is 0.474 e. The molecule has 4 aliphatic rings. The van der Waals surface area contributed by atoms with Crippen molar-refractivity contribution >= 4 is 5.78 Å². The molecule has 0 amide bonds. The SMILES string of the molecule is Cc1ccc(CC(=O)C[C@H]2CCc3cc4[nH]cnc(OC5CCC(N(C)C)CC5)c-4c32)nc1. The van der Waals surface area contributed by atoms with Gasteiger partial charge in [-0.2, -0.15) is 0 Å². The normalized spacial score (nSPS) is 22.6. The highest BCUT2D eigenvalue weighted by Gasteiger charge is 2.34. The Labute approximate surface area is 196 Å². The third kappa shape index (κ3) is 4.67. The number of H-pyrrole nitrogens is 1. The summed E-state index contributed by atoms with van der Waals surface area (Å²) < 4.78 is 6.50. The van der Waals surface area contributed by atoms with Gasteiger partial charge in [0, 0.05) is 30.8 Å². The lowest BCUT2D eigenvalue weighted by molar-refractivity contribution is -0.118. The minimum absolute atomic E-state index is 0.207.